The summed E-state index contributed by atoms with van der Waals surface area (Å²) in [5.41, 5.74) is 0.218. The van der Waals surface area contributed by atoms with Crippen LogP contribution in [0.1, 0.15) is 13.3 Å². The van der Waals surface area contributed by atoms with E-state index in [1.54, 1.807) is 12.1 Å². The van der Waals surface area contributed by atoms with Crippen LogP contribution in [0.3, 0.4) is 0 Å². The number of hydrogen-bond donors (Lipinski definition) is 1. The summed E-state index contributed by atoms with van der Waals surface area (Å²) in [6, 6.07) is 13.5. The van der Waals surface area contributed by atoms with E-state index in [9.17, 15) is 13.6 Å². The van der Waals surface area contributed by atoms with Gasteiger partial charge in [0.1, 0.15) is 17.2 Å². The van der Waals surface area contributed by atoms with Crippen LogP contribution in [0.2, 0.25) is 0 Å². The Kier molecular flexibility index (Phi) is 9.41. The van der Waals surface area contributed by atoms with E-state index in [0.717, 1.165) is 17.9 Å². The maximum atomic E-state index is 12.4. The summed E-state index contributed by atoms with van der Waals surface area (Å²) in [5, 5.41) is 2.57. The highest BCUT2D eigenvalue weighted by Crippen LogP contribution is 2.25. The van der Waals surface area contributed by atoms with Crippen molar-refractivity contribution in [2.45, 2.75) is 20.0 Å². The van der Waals surface area contributed by atoms with Crippen molar-refractivity contribution in [2.75, 3.05) is 30.0 Å². The number of thioether (sulfide) groups is 1. The third-order valence-corrected chi connectivity index (χ3v) is 4.32. The van der Waals surface area contributed by atoms with Crippen molar-refractivity contribution in [1.82, 2.24) is 0 Å². The second kappa shape index (κ2) is 12.1. The summed E-state index contributed by atoms with van der Waals surface area (Å²) in [4.78, 5) is 12.0. The Labute approximate surface area is 167 Å². The molecule has 0 unspecified atom stereocenters. The first-order chi connectivity index (χ1) is 13.6. The smallest absolute Gasteiger partial charge is 0.387 e. The summed E-state index contributed by atoms with van der Waals surface area (Å²) in [6.07, 6.45) is 0.952. The van der Waals surface area contributed by atoms with Crippen LogP contribution >= 0.6 is 11.8 Å². The zero-order chi connectivity index (χ0) is 20.2. The first-order valence-corrected chi connectivity index (χ1v) is 10.0. The van der Waals surface area contributed by atoms with Crippen molar-refractivity contribution in [3.05, 3.63) is 48.5 Å². The van der Waals surface area contributed by atoms with E-state index < -0.39 is 6.61 Å². The molecule has 2 aromatic rings. The zero-order valence-corrected chi connectivity index (χ0v) is 16.3. The number of amides is 1. The number of carbonyl (C=O) groups excluding carboxylic acids is 1. The number of ether oxygens (including phenoxy) is 3. The minimum absolute atomic E-state index is 0.0643. The Balaban J connectivity index is 1.66. The van der Waals surface area contributed by atoms with Crippen molar-refractivity contribution in [1.29, 1.82) is 0 Å². The summed E-state index contributed by atoms with van der Waals surface area (Å²) in [7, 11) is 0. The summed E-state index contributed by atoms with van der Waals surface area (Å²) in [6.45, 7) is 0.221. The largest absolute Gasteiger partial charge is 0.494 e. The van der Waals surface area contributed by atoms with Crippen LogP contribution in [0.25, 0.3) is 0 Å². The second-order valence-corrected chi connectivity index (χ2v) is 6.75. The van der Waals surface area contributed by atoms with E-state index in [1.165, 1.54) is 23.9 Å². The highest BCUT2D eigenvalue weighted by atomic mass is 32.2. The SMILES string of the molecule is CCCOc1ccc(OCCSCC(=O)Nc2ccccc2OC(F)F)cc1. The van der Waals surface area contributed by atoms with Gasteiger partial charge in [0, 0.05) is 5.75 Å². The Morgan fingerprint density at radius 2 is 1.68 bits per heavy atom. The highest BCUT2D eigenvalue weighted by Gasteiger charge is 2.11. The van der Waals surface area contributed by atoms with Gasteiger partial charge in [-0.2, -0.15) is 8.78 Å². The predicted molar refractivity (Wildman–Crippen MR) is 107 cm³/mol. The van der Waals surface area contributed by atoms with E-state index in [4.69, 9.17) is 9.47 Å². The Bertz CT molecular complexity index is 728. The minimum Gasteiger partial charge on any atom is -0.494 e. The Hall–Kier alpha value is -2.48. The molecule has 0 heterocycles. The van der Waals surface area contributed by atoms with Crippen molar-refractivity contribution in [3.8, 4) is 17.2 Å². The van der Waals surface area contributed by atoms with E-state index in [1.807, 2.05) is 31.2 Å². The average Bonchev–Trinajstić information content (AvgIpc) is 2.68. The van der Waals surface area contributed by atoms with Gasteiger partial charge in [0.05, 0.1) is 24.7 Å². The molecule has 1 amide bonds. The van der Waals surface area contributed by atoms with Gasteiger partial charge in [-0.15, -0.1) is 11.8 Å². The summed E-state index contributed by atoms with van der Waals surface area (Å²) >= 11 is 1.38. The number of nitrogens with one attached hydrogen (secondary N) is 1. The first kappa shape index (κ1) is 21.8. The second-order valence-electron chi connectivity index (χ2n) is 5.64. The topological polar surface area (TPSA) is 56.8 Å². The quantitative estimate of drug-likeness (QED) is 0.507. The number of para-hydroxylation sites is 2. The number of rotatable bonds is 12. The van der Waals surface area contributed by atoms with Crippen LogP contribution in [-0.2, 0) is 4.79 Å². The number of anilines is 1. The van der Waals surface area contributed by atoms with Crippen LogP contribution in [0.5, 0.6) is 17.2 Å². The highest BCUT2D eigenvalue weighted by molar-refractivity contribution is 7.99. The number of benzene rings is 2. The number of alkyl halides is 2. The van der Waals surface area contributed by atoms with E-state index in [2.05, 4.69) is 10.1 Å². The molecule has 0 spiro atoms. The fourth-order valence-corrected chi connectivity index (χ4v) is 2.79. The number of hydrogen-bond acceptors (Lipinski definition) is 5. The van der Waals surface area contributed by atoms with E-state index >= 15 is 0 Å². The molecule has 0 bridgehead atoms. The lowest BCUT2D eigenvalue weighted by Gasteiger charge is -2.11. The zero-order valence-electron chi connectivity index (χ0n) is 15.5. The van der Waals surface area contributed by atoms with Gasteiger partial charge in [0.15, 0.2) is 0 Å². The van der Waals surface area contributed by atoms with Crippen LogP contribution in [0.4, 0.5) is 14.5 Å². The third-order valence-electron chi connectivity index (χ3n) is 3.40. The molecular weight excluding hydrogens is 388 g/mol. The van der Waals surface area contributed by atoms with Crippen LogP contribution in [-0.4, -0.2) is 37.2 Å². The molecule has 0 aliphatic heterocycles. The van der Waals surface area contributed by atoms with Gasteiger partial charge in [-0.3, -0.25) is 4.79 Å². The standard InChI is InChI=1S/C20H23F2NO4S/c1-2-11-25-15-7-9-16(10-8-15)26-12-13-28-14-19(24)23-17-5-3-4-6-18(17)27-20(21)22/h3-10,20H,2,11-14H2,1H3,(H,23,24). The molecular formula is C20H23F2NO4S. The molecule has 1 N–H and O–H groups in total. The van der Waals surface area contributed by atoms with Gasteiger partial charge in [0.25, 0.3) is 0 Å². The maximum Gasteiger partial charge on any atom is 0.387 e. The van der Waals surface area contributed by atoms with E-state index in [0.29, 0.717) is 19.0 Å². The van der Waals surface area contributed by atoms with Gasteiger partial charge >= 0.3 is 6.61 Å². The van der Waals surface area contributed by atoms with Crippen molar-refractivity contribution in [3.63, 3.8) is 0 Å². The Morgan fingerprint density at radius 1 is 1.04 bits per heavy atom. The Morgan fingerprint density at radius 3 is 2.32 bits per heavy atom. The molecule has 0 aliphatic rings. The fraction of sp³-hybridized carbons (Fsp3) is 0.350. The molecule has 0 saturated carbocycles. The van der Waals surface area contributed by atoms with Gasteiger partial charge < -0.3 is 19.5 Å². The van der Waals surface area contributed by atoms with E-state index in [-0.39, 0.29) is 23.1 Å². The lowest BCUT2D eigenvalue weighted by atomic mass is 10.3. The molecule has 152 valence electrons. The fourth-order valence-electron chi connectivity index (χ4n) is 2.19. The summed E-state index contributed by atoms with van der Waals surface area (Å²) in [5.74, 6) is 1.95. The van der Waals surface area contributed by atoms with Crippen LogP contribution in [0, 0.1) is 0 Å². The third kappa shape index (κ3) is 8.04. The van der Waals surface area contributed by atoms with Crippen molar-refractivity contribution < 1.29 is 27.8 Å². The van der Waals surface area contributed by atoms with Crippen LogP contribution in [0.15, 0.2) is 48.5 Å². The molecule has 5 nitrogen and oxygen atoms in total. The first-order valence-electron chi connectivity index (χ1n) is 8.85. The number of carbonyl (C=O) groups is 1. The normalized spacial score (nSPS) is 10.6. The van der Waals surface area contributed by atoms with Gasteiger partial charge in [-0.1, -0.05) is 19.1 Å². The van der Waals surface area contributed by atoms with Crippen LogP contribution < -0.4 is 19.5 Å². The molecule has 28 heavy (non-hydrogen) atoms. The lowest BCUT2D eigenvalue weighted by Crippen LogP contribution is -2.16. The molecule has 0 aliphatic carbocycles. The average molecular weight is 411 g/mol. The predicted octanol–water partition coefficient (Wildman–Crippen LogP) is 4.83. The molecule has 2 aromatic carbocycles. The van der Waals surface area contributed by atoms with Gasteiger partial charge in [-0.25, -0.2) is 0 Å². The molecule has 0 fully saturated rings. The molecule has 0 radical (unpaired) electrons. The monoisotopic (exact) mass is 411 g/mol. The van der Waals surface area contributed by atoms with Gasteiger partial charge in [-0.05, 0) is 42.8 Å². The number of halogens is 2. The molecule has 0 saturated heterocycles. The summed E-state index contributed by atoms with van der Waals surface area (Å²) < 4.78 is 40.3. The van der Waals surface area contributed by atoms with Gasteiger partial charge in [0.2, 0.25) is 5.91 Å². The molecule has 2 rings (SSSR count). The molecule has 0 atom stereocenters. The molecule has 8 heteroatoms. The maximum absolute atomic E-state index is 12.4. The van der Waals surface area contributed by atoms with Crippen molar-refractivity contribution >= 4 is 23.4 Å². The minimum atomic E-state index is -2.95. The lowest BCUT2D eigenvalue weighted by molar-refractivity contribution is -0.113. The molecule has 0 aromatic heterocycles. The van der Waals surface area contributed by atoms with Crippen molar-refractivity contribution in [2.24, 2.45) is 0 Å².